The number of amides is 1. The highest BCUT2D eigenvalue weighted by atomic mass is 35.5. The monoisotopic (exact) mass is 373 g/mol. The van der Waals surface area contributed by atoms with E-state index < -0.39 is 0 Å². The summed E-state index contributed by atoms with van der Waals surface area (Å²) in [5, 5.41) is 4.59. The standard InChI is InChI=1S/C19H20ClN3OS/c1-12-14(20)7-6-9-15(12)21-18(24)11-23(3)13(2)19-22-16-8-4-5-10-17(16)25-19/h4-10,13H,11H2,1-3H3,(H,21,24)/t13-/m1/s1. The molecule has 0 fully saturated rings. The topological polar surface area (TPSA) is 45.2 Å². The number of fused-ring (bicyclic) bond motifs is 1. The zero-order chi connectivity index (χ0) is 18.0. The lowest BCUT2D eigenvalue weighted by atomic mass is 10.2. The fraction of sp³-hybridized carbons (Fsp3) is 0.263. The van der Waals surface area contributed by atoms with Gasteiger partial charge in [0, 0.05) is 10.7 Å². The summed E-state index contributed by atoms with van der Waals surface area (Å²) in [6, 6.07) is 13.6. The number of benzene rings is 2. The molecule has 3 rings (SSSR count). The van der Waals surface area contributed by atoms with Crippen molar-refractivity contribution in [1.29, 1.82) is 0 Å². The Morgan fingerprint density at radius 1 is 1.28 bits per heavy atom. The van der Waals surface area contributed by atoms with Gasteiger partial charge in [-0.15, -0.1) is 11.3 Å². The maximum atomic E-state index is 12.4. The number of hydrogen-bond donors (Lipinski definition) is 1. The van der Waals surface area contributed by atoms with Crippen LogP contribution < -0.4 is 5.32 Å². The average molecular weight is 374 g/mol. The van der Waals surface area contributed by atoms with Crippen molar-refractivity contribution in [3.8, 4) is 0 Å². The first-order chi connectivity index (χ1) is 12.0. The van der Waals surface area contributed by atoms with E-state index in [0.29, 0.717) is 5.02 Å². The van der Waals surface area contributed by atoms with Gasteiger partial charge in [0.25, 0.3) is 0 Å². The van der Waals surface area contributed by atoms with Gasteiger partial charge in [0.15, 0.2) is 0 Å². The van der Waals surface area contributed by atoms with Gasteiger partial charge in [-0.3, -0.25) is 9.69 Å². The van der Waals surface area contributed by atoms with Crippen LogP contribution in [0.3, 0.4) is 0 Å². The summed E-state index contributed by atoms with van der Waals surface area (Å²) < 4.78 is 1.16. The van der Waals surface area contributed by atoms with Gasteiger partial charge in [0.1, 0.15) is 5.01 Å². The second-order valence-corrected chi connectivity index (χ2v) is 7.54. The van der Waals surface area contributed by atoms with E-state index in [1.54, 1.807) is 11.3 Å². The number of nitrogens with zero attached hydrogens (tertiary/aromatic N) is 2. The van der Waals surface area contributed by atoms with Crippen molar-refractivity contribution in [3.63, 3.8) is 0 Å². The summed E-state index contributed by atoms with van der Waals surface area (Å²) in [5.74, 6) is -0.0687. The van der Waals surface area contributed by atoms with Gasteiger partial charge < -0.3 is 5.32 Å². The minimum atomic E-state index is -0.0687. The number of nitrogens with one attached hydrogen (secondary N) is 1. The number of thiazole rings is 1. The zero-order valence-electron chi connectivity index (χ0n) is 14.4. The Morgan fingerprint density at radius 2 is 2.04 bits per heavy atom. The van der Waals surface area contributed by atoms with Gasteiger partial charge in [-0.05, 0) is 50.7 Å². The first-order valence-electron chi connectivity index (χ1n) is 8.06. The van der Waals surface area contributed by atoms with Crippen LogP contribution in [0, 0.1) is 6.92 Å². The number of halogens is 1. The fourth-order valence-electron chi connectivity index (χ4n) is 2.55. The van der Waals surface area contributed by atoms with Gasteiger partial charge in [-0.1, -0.05) is 29.8 Å². The lowest BCUT2D eigenvalue weighted by Crippen LogP contribution is -2.32. The minimum absolute atomic E-state index is 0.0589. The second kappa shape index (κ2) is 7.52. The van der Waals surface area contributed by atoms with E-state index in [1.165, 1.54) is 0 Å². The van der Waals surface area contributed by atoms with Gasteiger partial charge in [-0.2, -0.15) is 0 Å². The first-order valence-corrected chi connectivity index (χ1v) is 9.26. The van der Waals surface area contributed by atoms with Crippen LogP contribution in [0.5, 0.6) is 0 Å². The molecular formula is C19H20ClN3OS. The van der Waals surface area contributed by atoms with Crippen LogP contribution >= 0.6 is 22.9 Å². The second-order valence-electron chi connectivity index (χ2n) is 6.07. The SMILES string of the molecule is Cc1c(Cl)cccc1NC(=O)CN(C)[C@H](C)c1nc2ccccc2s1. The highest BCUT2D eigenvalue weighted by molar-refractivity contribution is 7.18. The molecule has 1 atom stereocenters. The normalized spacial score (nSPS) is 12.5. The van der Waals surface area contributed by atoms with Gasteiger partial charge in [0.05, 0.1) is 22.8 Å². The van der Waals surface area contributed by atoms with Crippen LogP contribution in [0.25, 0.3) is 10.2 Å². The van der Waals surface area contributed by atoms with Crippen LogP contribution in [0.15, 0.2) is 42.5 Å². The maximum Gasteiger partial charge on any atom is 0.238 e. The summed E-state index contributed by atoms with van der Waals surface area (Å²) >= 11 is 7.77. The molecule has 25 heavy (non-hydrogen) atoms. The Balaban J connectivity index is 1.67. The van der Waals surface area contributed by atoms with Crippen molar-refractivity contribution in [3.05, 3.63) is 58.1 Å². The van der Waals surface area contributed by atoms with E-state index in [1.807, 2.05) is 55.3 Å². The summed E-state index contributed by atoms with van der Waals surface area (Å²) in [5.41, 5.74) is 2.62. The summed E-state index contributed by atoms with van der Waals surface area (Å²) in [4.78, 5) is 19.1. The van der Waals surface area contributed by atoms with Gasteiger partial charge in [0.2, 0.25) is 5.91 Å². The molecule has 0 spiro atoms. The Bertz CT molecular complexity index is 876. The van der Waals surface area contributed by atoms with Crippen molar-refractivity contribution in [2.75, 3.05) is 18.9 Å². The van der Waals surface area contributed by atoms with Crippen LogP contribution in [-0.4, -0.2) is 29.4 Å². The Hall–Kier alpha value is -1.95. The highest BCUT2D eigenvalue weighted by Crippen LogP contribution is 2.29. The quantitative estimate of drug-likeness (QED) is 0.692. The van der Waals surface area contributed by atoms with Gasteiger partial charge >= 0.3 is 0 Å². The fourth-order valence-corrected chi connectivity index (χ4v) is 3.81. The number of carbonyl (C=O) groups excluding carboxylic acids is 1. The third-order valence-corrected chi connectivity index (χ3v) is 5.88. The molecule has 0 radical (unpaired) electrons. The largest absolute Gasteiger partial charge is 0.325 e. The predicted molar refractivity (Wildman–Crippen MR) is 105 cm³/mol. The third kappa shape index (κ3) is 4.00. The van der Waals surface area contributed by atoms with Gasteiger partial charge in [-0.25, -0.2) is 4.98 Å². The molecule has 0 unspecified atom stereocenters. The molecule has 0 aliphatic carbocycles. The molecule has 0 saturated heterocycles. The highest BCUT2D eigenvalue weighted by Gasteiger charge is 2.19. The van der Waals surface area contributed by atoms with Crippen molar-refractivity contribution in [2.45, 2.75) is 19.9 Å². The number of anilines is 1. The number of aromatic nitrogens is 1. The van der Waals surface area contributed by atoms with E-state index in [0.717, 1.165) is 26.5 Å². The number of para-hydroxylation sites is 1. The lowest BCUT2D eigenvalue weighted by molar-refractivity contribution is -0.117. The first kappa shape index (κ1) is 17.9. The van der Waals surface area contributed by atoms with Crippen molar-refractivity contribution in [2.24, 2.45) is 0 Å². The summed E-state index contributed by atoms with van der Waals surface area (Å²) in [6.45, 7) is 4.24. The van der Waals surface area contributed by atoms with Crippen molar-refractivity contribution < 1.29 is 4.79 Å². The van der Waals surface area contributed by atoms with Crippen LogP contribution in [0.1, 0.15) is 23.5 Å². The smallest absolute Gasteiger partial charge is 0.238 e. The Labute approximate surface area is 156 Å². The van der Waals surface area contributed by atoms with Crippen molar-refractivity contribution in [1.82, 2.24) is 9.88 Å². The number of carbonyl (C=O) groups is 1. The minimum Gasteiger partial charge on any atom is -0.325 e. The summed E-state index contributed by atoms with van der Waals surface area (Å²) in [7, 11) is 1.93. The molecule has 1 heterocycles. The van der Waals surface area contributed by atoms with Crippen molar-refractivity contribution >= 4 is 44.7 Å². The molecule has 1 N–H and O–H groups in total. The van der Waals surface area contributed by atoms with E-state index >= 15 is 0 Å². The molecule has 6 heteroatoms. The van der Waals surface area contributed by atoms with E-state index in [-0.39, 0.29) is 18.5 Å². The molecule has 3 aromatic rings. The molecule has 1 amide bonds. The number of likely N-dealkylation sites (N-methyl/N-ethyl adjacent to an activating group) is 1. The van der Waals surface area contributed by atoms with Crippen LogP contribution in [0.4, 0.5) is 5.69 Å². The molecule has 0 aliphatic rings. The molecule has 2 aromatic carbocycles. The van der Waals surface area contributed by atoms with Crippen LogP contribution in [-0.2, 0) is 4.79 Å². The maximum absolute atomic E-state index is 12.4. The Kier molecular flexibility index (Phi) is 5.37. The molecule has 130 valence electrons. The predicted octanol–water partition coefficient (Wildman–Crippen LogP) is 4.89. The molecule has 4 nitrogen and oxygen atoms in total. The number of hydrogen-bond acceptors (Lipinski definition) is 4. The van der Waals surface area contributed by atoms with E-state index in [4.69, 9.17) is 11.6 Å². The lowest BCUT2D eigenvalue weighted by Gasteiger charge is -2.22. The molecule has 0 bridgehead atoms. The summed E-state index contributed by atoms with van der Waals surface area (Å²) in [6.07, 6.45) is 0. The molecular weight excluding hydrogens is 354 g/mol. The van der Waals surface area contributed by atoms with E-state index in [9.17, 15) is 4.79 Å². The Morgan fingerprint density at radius 3 is 2.80 bits per heavy atom. The van der Waals surface area contributed by atoms with E-state index in [2.05, 4.69) is 23.3 Å². The average Bonchev–Trinajstić information content (AvgIpc) is 3.02. The molecule has 1 aromatic heterocycles. The number of rotatable bonds is 5. The third-order valence-electron chi connectivity index (χ3n) is 4.26. The molecule has 0 saturated carbocycles. The molecule has 0 aliphatic heterocycles. The van der Waals surface area contributed by atoms with Crippen LogP contribution in [0.2, 0.25) is 5.02 Å². The zero-order valence-corrected chi connectivity index (χ0v) is 16.0.